The van der Waals surface area contributed by atoms with Crippen molar-refractivity contribution in [3.8, 4) is 11.4 Å². The van der Waals surface area contributed by atoms with Gasteiger partial charge in [-0.3, -0.25) is 0 Å². The molecular weight excluding hydrogens is 375 g/mol. The molecule has 1 aliphatic rings. The van der Waals surface area contributed by atoms with Crippen molar-refractivity contribution in [2.45, 2.75) is 37.1 Å². The number of hydrogen-bond donors (Lipinski definition) is 5. The number of rotatable bonds is 3. The summed E-state index contributed by atoms with van der Waals surface area (Å²) in [5, 5.41) is 24.0. The number of aliphatic hydroxyl groups excluding tert-OH is 2. The van der Waals surface area contributed by atoms with E-state index in [1.807, 2.05) is 0 Å². The number of anilines is 1. The first-order chi connectivity index (χ1) is 12.9. The largest absolute Gasteiger partial charge is 0.390 e. The highest BCUT2D eigenvalue weighted by molar-refractivity contribution is 6.31. The number of halogens is 2. The van der Waals surface area contributed by atoms with Crippen molar-refractivity contribution >= 4 is 28.5 Å². The van der Waals surface area contributed by atoms with Gasteiger partial charge in [-0.05, 0) is 25.3 Å². The molecule has 0 amide bonds. The van der Waals surface area contributed by atoms with Crippen LogP contribution in [0.5, 0.6) is 0 Å². The maximum absolute atomic E-state index is 14.3. The summed E-state index contributed by atoms with van der Waals surface area (Å²) in [4.78, 5) is 15.4. The zero-order valence-corrected chi connectivity index (χ0v) is 14.9. The van der Waals surface area contributed by atoms with E-state index in [0.717, 1.165) is 6.20 Å². The number of pyridine rings is 1. The first kappa shape index (κ1) is 18.1. The van der Waals surface area contributed by atoms with Crippen LogP contribution in [0.2, 0.25) is 5.02 Å². The third-order valence-electron chi connectivity index (χ3n) is 4.82. The molecule has 4 rings (SSSR count). The van der Waals surface area contributed by atoms with Crippen LogP contribution in [0.3, 0.4) is 0 Å². The molecule has 8 nitrogen and oxygen atoms in total. The summed E-state index contributed by atoms with van der Waals surface area (Å²) in [5.41, 5.74) is 5.99. The Morgan fingerprint density at radius 3 is 2.96 bits per heavy atom. The van der Waals surface area contributed by atoms with E-state index in [2.05, 4.69) is 25.3 Å². The zero-order chi connectivity index (χ0) is 19.2. The minimum Gasteiger partial charge on any atom is -0.390 e. The predicted molar refractivity (Wildman–Crippen MR) is 98.5 cm³/mol. The molecule has 0 spiro atoms. The lowest BCUT2D eigenvalue weighted by molar-refractivity contribution is -0.0484. The van der Waals surface area contributed by atoms with Gasteiger partial charge in [-0.25, -0.2) is 19.3 Å². The Morgan fingerprint density at radius 1 is 1.33 bits per heavy atom. The second-order valence-electron chi connectivity index (χ2n) is 6.71. The van der Waals surface area contributed by atoms with Crippen LogP contribution in [0.1, 0.15) is 19.3 Å². The van der Waals surface area contributed by atoms with Crippen molar-refractivity contribution in [2.75, 3.05) is 5.32 Å². The molecular formula is C17H18ClFN6O2. The molecule has 27 heavy (non-hydrogen) atoms. The van der Waals surface area contributed by atoms with E-state index in [4.69, 9.17) is 17.3 Å². The molecule has 6 N–H and O–H groups in total. The van der Waals surface area contributed by atoms with Crippen molar-refractivity contribution in [1.29, 1.82) is 0 Å². The van der Waals surface area contributed by atoms with Crippen LogP contribution in [0.15, 0.2) is 24.7 Å². The van der Waals surface area contributed by atoms with Gasteiger partial charge in [0.25, 0.3) is 0 Å². The number of aromatic amines is 1. The maximum Gasteiger partial charge on any atom is 0.183 e. The van der Waals surface area contributed by atoms with Gasteiger partial charge < -0.3 is 26.2 Å². The Hall–Kier alpha value is -2.33. The number of H-pyrrole nitrogens is 1. The summed E-state index contributed by atoms with van der Waals surface area (Å²) in [7, 11) is 0. The average Bonchev–Trinajstić information content (AvgIpc) is 3.05. The van der Waals surface area contributed by atoms with Gasteiger partial charge in [-0.1, -0.05) is 11.6 Å². The number of aromatic nitrogens is 4. The lowest BCUT2D eigenvalue weighted by atomic mass is 9.84. The van der Waals surface area contributed by atoms with Crippen molar-refractivity contribution in [2.24, 2.45) is 5.73 Å². The van der Waals surface area contributed by atoms with Crippen LogP contribution < -0.4 is 11.1 Å². The van der Waals surface area contributed by atoms with Gasteiger partial charge in [0.1, 0.15) is 17.4 Å². The van der Waals surface area contributed by atoms with Crippen molar-refractivity contribution in [3.63, 3.8) is 0 Å². The Morgan fingerprint density at radius 2 is 2.15 bits per heavy atom. The normalized spacial score (nSPS) is 25.7. The first-order valence-corrected chi connectivity index (χ1v) is 8.84. The van der Waals surface area contributed by atoms with Crippen molar-refractivity contribution in [1.82, 2.24) is 19.9 Å². The fourth-order valence-corrected chi connectivity index (χ4v) is 3.51. The van der Waals surface area contributed by atoms with Gasteiger partial charge in [0.05, 0.1) is 17.3 Å². The molecule has 0 aromatic carbocycles. The van der Waals surface area contributed by atoms with E-state index >= 15 is 0 Å². The Labute approximate surface area is 158 Å². The van der Waals surface area contributed by atoms with Crippen molar-refractivity contribution < 1.29 is 14.6 Å². The summed E-state index contributed by atoms with van der Waals surface area (Å²) >= 11 is 6.01. The summed E-state index contributed by atoms with van der Waals surface area (Å²) < 4.78 is 14.3. The number of aliphatic hydroxyl groups is 2. The molecule has 0 unspecified atom stereocenters. The van der Waals surface area contributed by atoms with Gasteiger partial charge in [-0.2, -0.15) is 0 Å². The molecule has 1 saturated carbocycles. The van der Waals surface area contributed by atoms with Gasteiger partial charge in [0.15, 0.2) is 17.5 Å². The quantitative estimate of drug-likeness (QED) is 0.429. The number of hydrogen-bond acceptors (Lipinski definition) is 7. The minimum absolute atomic E-state index is 0.153. The summed E-state index contributed by atoms with van der Waals surface area (Å²) in [6.07, 6.45) is 3.34. The van der Waals surface area contributed by atoms with Gasteiger partial charge in [-0.15, -0.1) is 0 Å². The second kappa shape index (κ2) is 6.68. The van der Waals surface area contributed by atoms with E-state index in [1.165, 1.54) is 6.20 Å². The Bertz CT molecular complexity index is 999. The Kier molecular flexibility index (Phi) is 4.47. The highest BCUT2D eigenvalue weighted by Gasteiger charge is 2.42. The first-order valence-electron chi connectivity index (χ1n) is 8.46. The third kappa shape index (κ3) is 3.23. The molecule has 142 valence electrons. The minimum atomic E-state index is -1.39. The fourth-order valence-electron chi connectivity index (χ4n) is 3.36. The van der Waals surface area contributed by atoms with Gasteiger partial charge >= 0.3 is 0 Å². The maximum atomic E-state index is 14.3. The second-order valence-corrected chi connectivity index (χ2v) is 7.15. The number of nitrogens with one attached hydrogen (secondary N) is 2. The molecule has 0 bridgehead atoms. The topological polar surface area (TPSA) is 133 Å². The molecule has 0 saturated heterocycles. The summed E-state index contributed by atoms with van der Waals surface area (Å²) in [6, 6.07) is 1.71. The number of nitrogens with zero attached hydrogens (tertiary/aromatic N) is 3. The van der Waals surface area contributed by atoms with Gasteiger partial charge in [0, 0.05) is 23.3 Å². The molecule has 10 heteroatoms. The lowest BCUT2D eigenvalue weighted by Gasteiger charge is -2.41. The standard InChI is InChI=1S/C17H18ClFN6O2/c18-8-4-9-10(6-22-14(9)21-5-8)15-23-7-11(19)16(24-15)25-17(20)3-1-2-12(26)13(17)27/h4-7,12-13,26-27H,1-3,20H2,(H,21,22)(H,23,24,25)/t12-,13+,17-/m1/s1. The average molecular weight is 393 g/mol. The Balaban J connectivity index is 1.72. The summed E-state index contributed by atoms with van der Waals surface area (Å²) in [6.45, 7) is 0. The van der Waals surface area contributed by atoms with Crippen LogP contribution in [0, 0.1) is 5.82 Å². The van der Waals surface area contributed by atoms with E-state index in [9.17, 15) is 14.6 Å². The van der Waals surface area contributed by atoms with E-state index in [1.54, 1.807) is 12.3 Å². The molecule has 3 aromatic heterocycles. The molecule has 1 aliphatic carbocycles. The van der Waals surface area contributed by atoms with Crippen molar-refractivity contribution in [3.05, 3.63) is 35.5 Å². The zero-order valence-electron chi connectivity index (χ0n) is 14.2. The molecule has 1 fully saturated rings. The molecule has 3 atom stereocenters. The van der Waals surface area contributed by atoms with E-state index in [-0.39, 0.29) is 11.6 Å². The molecule has 3 heterocycles. The smallest absolute Gasteiger partial charge is 0.183 e. The predicted octanol–water partition coefficient (Wildman–Crippen LogP) is 1.78. The molecule has 3 aromatic rings. The number of fused-ring (bicyclic) bond motifs is 1. The number of nitrogens with two attached hydrogens (primary N) is 1. The van der Waals surface area contributed by atoms with Crippen LogP contribution in [-0.2, 0) is 0 Å². The lowest BCUT2D eigenvalue weighted by Crippen LogP contribution is -2.63. The van der Waals surface area contributed by atoms with Crippen LogP contribution >= 0.6 is 11.6 Å². The third-order valence-corrected chi connectivity index (χ3v) is 5.02. The van der Waals surface area contributed by atoms with Crippen LogP contribution in [0.25, 0.3) is 22.4 Å². The molecule has 0 radical (unpaired) electrons. The SMILES string of the molecule is N[C@@]1(Nc2nc(-c3c[nH]c4ncc(Cl)cc34)ncc2F)CCC[C@@H](O)[C@@H]1O. The highest BCUT2D eigenvalue weighted by Crippen LogP contribution is 2.31. The highest BCUT2D eigenvalue weighted by atomic mass is 35.5. The van der Waals surface area contributed by atoms with E-state index in [0.29, 0.717) is 40.9 Å². The fraction of sp³-hybridized carbons (Fsp3) is 0.353. The molecule has 0 aliphatic heterocycles. The summed E-state index contributed by atoms with van der Waals surface area (Å²) in [5.74, 6) is -0.629. The van der Waals surface area contributed by atoms with Crippen LogP contribution in [0.4, 0.5) is 10.2 Å². The van der Waals surface area contributed by atoms with Gasteiger partial charge in [0.2, 0.25) is 0 Å². The van der Waals surface area contributed by atoms with Crippen LogP contribution in [-0.4, -0.2) is 48.0 Å². The van der Waals surface area contributed by atoms with E-state index < -0.39 is 23.7 Å². The monoisotopic (exact) mass is 392 g/mol.